The molecule has 1 amide bonds. The van der Waals surface area contributed by atoms with E-state index in [1.54, 1.807) is 16.2 Å². The average Bonchev–Trinajstić information content (AvgIpc) is 3.52. The largest absolute Gasteiger partial charge is 0.271 e. The van der Waals surface area contributed by atoms with Crippen molar-refractivity contribution in [2.45, 2.75) is 0 Å². The number of aliphatic imine (C=N–C) groups is 1. The Morgan fingerprint density at radius 3 is 2.40 bits per heavy atom. The Balaban J connectivity index is 1.53. The van der Waals surface area contributed by atoms with Gasteiger partial charge in [-0.05, 0) is 41.4 Å². The maximum Gasteiger partial charge on any atom is 0.271 e. The second kappa shape index (κ2) is 8.39. The lowest BCUT2D eigenvalue weighted by atomic mass is 10.2. The molecule has 7 heteroatoms. The Bertz CT molecular complexity index is 1230. The standard InChI is InChI=1S/C23H15N3OS3/c27-21-20(14-18-12-7-13-28-18)30-23(26(21)17-10-5-2-6-11-17)25-22-24-19(15-29-22)16-8-3-1-4-9-16/h1-15H/b20-14+,25-23+. The van der Waals surface area contributed by atoms with Crippen LogP contribution in [0.25, 0.3) is 17.3 Å². The summed E-state index contributed by atoms with van der Waals surface area (Å²) < 4.78 is 0. The molecule has 4 aromatic rings. The molecule has 1 aliphatic rings. The molecule has 0 aliphatic carbocycles. The van der Waals surface area contributed by atoms with Gasteiger partial charge in [0, 0.05) is 15.8 Å². The summed E-state index contributed by atoms with van der Waals surface area (Å²) in [5, 5.41) is 5.23. The van der Waals surface area contributed by atoms with Gasteiger partial charge in [-0.25, -0.2) is 4.98 Å². The number of nitrogens with zero attached hydrogens (tertiary/aromatic N) is 3. The summed E-state index contributed by atoms with van der Waals surface area (Å²) in [7, 11) is 0. The molecule has 30 heavy (non-hydrogen) atoms. The first-order valence-electron chi connectivity index (χ1n) is 9.20. The third-order valence-corrected chi connectivity index (χ3v) is 6.91. The van der Waals surface area contributed by atoms with Gasteiger partial charge < -0.3 is 0 Å². The molecule has 0 spiro atoms. The van der Waals surface area contributed by atoms with Crippen molar-refractivity contribution in [2.75, 3.05) is 4.90 Å². The zero-order valence-electron chi connectivity index (χ0n) is 15.6. The zero-order chi connectivity index (χ0) is 20.3. The molecule has 1 saturated heterocycles. The van der Waals surface area contributed by atoms with E-state index in [1.165, 1.54) is 23.1 Å². The van der Waals surface area contributed by atoms with Crippen molar-refractivity contribution in [1.29, 1.82) is 0 Å². The molecular formula is C23H15N3OS3. The van der Waals surface area contributed by atoms with Crippen molar-refractivity contribution in [1.82, 2.24) is 4.98 Å². The maximum atomic E-state index is 13.2. The summed E-state index contributed by atoms with van der Waals surface area (Å²) in [5.74, 6) is -0.0711. The number of anilines is 1. The maximum absolute atomic E-state index is 13.2. The van der Waals surface area contributed by atoms with Gasteiger partial charge in [0.05, 0.1) is 16.3 Å². The van der Waals surface area contributed by atoms with Gasteiger partial charge in [0.15, 0.2) is 5.17 Å². The number of thiazole rings is 1. The molecule has 2 aromatic carbocycles. The van der Waals surface area contributed by atoms with Crippen LogP contribution in [0.3, 0.4) is 0 Å². The van der Waals surface area contributed by atoms with Crippen LogP contribution < -0.4 is 4.90 Å². The molecule has 3 heterocycles. The first-order chi connectivity index (χ1) is 14.8. The first-order valence-corrected chi connectivity index (χ1v) is 11.8. The number of amides is 1. The van der Waals surface area contributed by atoms with E-state index in [2.05, 4.69) is 4.98 Å². The highest BCUT2D eigenvalue weighted by molar-refractivity contribution is 8.19. The van der Waals surface area contributed by atoms with Crippen LogP contribution in [0.1, 0.15) is 4.88 Å². The summed E-state index contributed by atoms with van der Waals surface area (Å²) in [5.41, 5.74) is 2.73. The predicted octanol–water partition coefficient (Wildman–Crippen LogP) is 6.68. The van der Waals surface area contributed by atoms with E-state index in [0.717, 1.165) is 21.8 Å². The molecule has 0 unspecified atom stereocenters. The normalized spacial score (nSPS) is 16.7. The molecule has 5 rings (SSSR count). The third kappa shape index (κ3) is 3.87. The van der Waals surface area contributed by atoms with E-state index < -0.39 is 0 Å². The number of thioether (sulfide) groups is 1. The highest BCUT2D eigenvalue weighted by Gasteiger charge is 2.35. The second-order valence-corrected chi connectivity index (χ2v) is 9.20. The third-order valence-electron chi connectivity index (χ3n) is 4.39. The van der Waals surface area contributed by atoms with Gasteiger partial charge in [-0.2, -0.15) is 4.99 Å². The van der Waals surface area contributed by atoms with Crippen LogP contribution in [-0.4, -0.2) is 16.1 Å². The van der Waals surface area contributed by atoms with Crippen molar-refractivity contribution >= 4 is 62.4 Å². The molecule has 1 fully saturated rings. The Morgan fingerprint density at radius 2 is 1.67 bits per heavy atom. The summed E-state index contributed by atoms with van der Waals surface area (Å²) in [6, 6.07) is 23.6. The minimum absolute atomic E-state index is 0.0711. The molecule has 1 aliphatic heterocycles. The molecule has 0 saturated carbocycles. The van der Waals surface area contributed by atoms with Crippen LogP contribution in [0.2, 0.25) is 0 Å². The van der Waals surface area contributed by atoms with Gasteiger partial charge in [0.1, 0.15) is 0 Å². The van der Waals surface area contributed by atoms with E-state index in [-0.39, 0.29) is 5.91 Å². The summed E-state index contributed by atoms with van der Waals surface area (Å²) in [4.78, 5) is 26.0. The number of aromatic nitrogens is 1. The highest BCUT2D eigenvalue weighted by atomic mass is 32.2. The van der Waals surface area contributed by atoms with Crippen molar-refractivity contribution in [2.24, 2.45) is 4.99 Å². The van der Waals surface area contributed by atoms with E-state index in [0.29, 0.717) is 15.2 Å². The fourth-order valence-corrected chi connectivity index (χ4v) is 5.45. The van der Waals surface area contributed by atoms with Crippen LogP contribution in [0, 0.1) is 0 Å². The Kier molecular flexibility index (Phi) is 5.31. The first kappa shape index (κ1) is 19.0. The summed E-state index contributed by atoms with van der Waals surface area (Å²) in [6.45, 7) is 0. The number of amidine groups is 1. The number of carbonyl (C=O) groups is 1. The van der Waals surface area contributed by atoms with Crippen molar-refractivity contribution in [3.63, 3.8) is 0 Å². The molecule has 2 aromatic heterocycles. The Labute approximate surface area is 186 Å². The van der Waals surface area contributed by atoms with Crippen molar-refractivity contribution in [3.05, 3.63) is 93.3 Å². The van der Waals surface area contributed by atoms with E-state index >= 15 is 0 Å². The summed E-state index contributed by atoms with van der Waals surface area (Å²) in [6.07, 6.45) is 1.92. The van der Waals surface area contributed by atoms with Gasteiger partial charge in [-0.15, -0.1) is 22.7 Å². The number of para-hydroxylation sites is 1. The van der Waals surface area contributed by atoms with Crippen LogP contribution in [-0.2, 0) is 4.79 Å². The van der Waals surface area contributed by atoms with Crippen molar-refractivity contribution in [3.8, 4) is 11.3 Å². The van der Waals surface area contributed by atoms with Gasteiger partial charge in [0.2, 0.25) is 5.13 Å². The molecule has 0 N–H and O–H groups in total. The number of hydrogen-bond acceptors (Lipinski definition) is 6. The topological polar surface area (TPSA) is 45.6 Å². The fraction of sp³-hybridized carbons (Fsp3) is 0. The van der Waals surface area contributed by atoms with Gasteiger partial charge in [-0.1, -0.05) is 54.6 Å². The minimum atomic E-state index is -0.0711. The average molecular weight is 446 g/mol. The monoisotopic (exact) mass is 445 g/mol. The zero-order valence-corrected chi connectivity index (χ0v) is 18.1. The molecule has 146 valence electrons. The quantitative estimate of drug-likeness (QED) is 0.329. The SMILES string of the molecule is O=C1/C(=C\c2cccs2)S/C(=N/c2nc(-c3ccccc3)cs2)N1c1ccccc1. The van der Waals surface area contributed by atoms with E-state index in [9.17, 15) is 4.79 Å². The Morgan fingerprint density at radius 1 is 0.900 bits per heavy atom. The number of hydrogen-bond donors (Lipinski definition) is 0. The number of benzene rings is 2. The summed E-state index contributed by atoms with van der Waals surface area (Å²) >= 11 is 4.45. The van der Waals surface area contributed by atoms with Crippen LogP contribution in [0.5, 0.6) is 0 Å². The van der Waals surface area contributed by atoms with Crippen LogP contribution >= 0.6 is 34.4 Å². The molecule has 0 radical (unpaired) electrons. The molecule has 0 bridgehead atoms. The van der Waals surface area contributed by atoms with E-state index in [1.807, 2.05) is 89.6 Å². The highest BCUT2D eigenvalue weighted by Crippen LogP contribution is 2.38. The Hall–Kier alpha value is -3.00. The van der Waals surface area contributed by atoms with Crippen LogP contribution in [0.4, 0.5) is 10.8 Å². The molecule has 0 atom stereocenters. The van der Waals surface area contributed by atoms with Crippen LogP contribution in [0.15, 0.2) is 93.5 Å². The van der Waals surface area contributed by atoms with Gasteiger partial charge >= 0.3 is 0 Å². The lowest BCUT2D eigenvalue weighted by Gasteiger charge is -2.14. The lowest BCUT2D eigenvalue weighted by Crippen LogP contribution is -2.28. The van der Waals surface area contributed by atoms with Gasteiger partial charge in [-0.3, -0.25) is 9.69 Å². The number of rotatable bonds is 4. The number of thiophene rings is 1. The number of carbonyl (C=O) groups excluding carboxylic acids is 1. The van der Waals surface area contributed by atoms with E-state index in [4.69, 9.17) is 4.99 Å². The molecular weight excluding hydrogens is 430 g/mol. The van der Waals surface area contributed by atoms with Gasteiger partial charge in [0.25, 0.3) is 5.91 Å². The second-order valence-electron chi connectivity index (χ2n) is 6.38. The molecule has 4 nitrogen and oxygen atoms in total. The smallest absolute Gasteiger partial charge is 0.268 e. The fourth-order valence-electron chi connectivity index (χ4n) is 3.00. The minimum Gasteiger partial charge on any atom is -0.268 e. The lowest BCUT2D eigenvalue weighted by molar-refractivity contribution is -0.113. The predicted molar refractivity (Wildman–Crippen MR) is 128 cm³/mol. The van der Waals surface area contributed by atoms with Crippen molar-refractivity contribution < 1.29 is 4.79 Å².